The van der Waals surface area contributed by atoms with Crippen LogP contribution >= 0.6 is 0 Å². The van der Waals surface area contributed by atoms with Crippen LogP contribution in [-0.2, 0) is 28.6 Å². The van der Waals surface area contributed by atoms with Crippen molar-refractivity contribution >= 4 is 17.9 Å². The topological polar surface area (TPSA) is 78.9 Å². The van der Waals surface area contributed by atoms with Gasteiger partial charge in [0, 0.05) is 19.3 Å². The highest BCUT2D eigenvalue weighted by atomic mass is 16.6. The Morgan fingerprint density at radius 2 is 0.494 bits per heavy atom. The van der Waals surface area contributed by atoms with Crippen molar-refractivity contribution in [3.05, 3.63) is 146 Å². The van der Waals surface area contributed by atoms with E-state index in [4.69, 9.17) is 14.2 Å². The molecule has 0 spiro atoms. The number of allylic oxidation sites excluding steroid dienone is 24. The highest BCUT2D eigenvalue weighted by Gasteiger charge is 2.19. The summed E-state index contributed by atoms with van der Waals surface area (Å²) in [5.74, 6) is -0.947. The van der Waals surface area contributed by atoms with Gasteiger partial charge in [-0.2, -0.15) is 0 Å². The van der Waals surface area contributed by atoms with Crippen LogP contribution in [-0.4, -0.2) is 37.2 Å². The summed E-state index contributed by atoms with van der Waals surface area (Å²) in [6.45, 7) is 6.36. The molecule has 0 aliphatic heterocycles. The Labute approximate surface area is 487 Å². The van der Waals surface area contributed by atoms with E-state index in [9.17, 15) is 14.4 Å². The molecular formula is C73H118O6. The summed E-state index contributed by atoms with van der Waals surface area (Å²) < 4.78 is 16.8. The van der Waals surface area contributed by atoms with E-state index in [1.54, 1.807) is 0 Å². The minimum absolute atomic E-state index is 0.0983. The van der Waals surface area contributed by atoms with Crippen LogP contribution in [0.3, 0.4) is 0 Å². The normalized spacial score (nSPS) is 13.1. The Morgan fingerprint density at radius 3 is 0.797 bits per heavy atom. The molecule has 0 radical (unpaired) electrons. The second kappa shape index (κ2) is 65.8. The lowest BCUT2D eigenvalue weighted by Gasteiger charge is -2.18. The summed E-state index contributed by atoms with van der Waals surface area (Å²) in [6.07, 6.45) is 94.4. The van der Waals surface area contributed by atoms with Gasteiger partial charge in [-0.15, -0.1) is 0 Å². The average Bonchev–Trinajstić information content (AvgIpc) is 3.45. The molecule has 6 nitrogen and oxygen atoms in total. The molecule has 0 saturated heterocycles. The fraction of sp³-hybridized carbons (Fsp3) is 0.630. The van der Waals surface area contributed by atoms with Gasteiger partial charge in [-0.3, -0.25) is 14.4 Å². The first kappa shape index (κ1) is 74.3. The molecule has 0 amide bonds. The second-order valence-electron chi connectivity index (χ2n) is 20.9. The number of esters is 3. The number of hydrogen-bond acceptors (Lipinski definition) is 6. The van der Waals surface area contributed by atoms with Crippen molar-refractivity contribution in [3.63, 3.8) is 0 Å². The molecule has 0 rings (SSSR count). The van der Waals surface area contributed by atoms with Crippen LogP contribution in [0.4, 0.5) is 0 Å². The monoisotopic (exact) mass is 1090 g/mol. The predicted molar refractivity (Wildman–Crippen MR) is 343 cm³/mol. The molecule has 0 aromatic heterocycles. The number of rotatable bonds is 57. The maximum absolute atomic E-state index is 12.9. The smallest absolute Gasteiger partial charge is 0.306 e. The largest absolute Gasteiger partial charge is 0.462 e. The van der Waals surface area contributed by atoms with Gasteiger partial charge in [0.2, 0.25) is 0 Å². The average molecular weight is 1090 g/mol. The Morgan fingerprint density at radius 1 is 0.266 bits per heavy atom. The Hall–Kier alpha value is -4.71. The summed E-state index contributed by atoms with van der Waals surface area (Å²) in [5, 5.41) is 0. The van der Waals surface area contributed by atoms with Crippen molar-refractivity contribution < 1.29 is 28.6 Å². The molecule has 1 atom stereocenters. The van der Waals surface area contributed by atoms with Crippen molar-refractivity contribution in [2.45, 2.75) is 284 Å². The van der Waals surface area contributed by atoms with Crippen molar-refractivity contribution in [2.75, 3.05) is 13.2 Å². The second-order valence-corrected chi connectivity index (χ2v) is 20.9. The minimum atomic E-state index is -0.805. The van der Waals surface area contributed by atoms with E-state index >= 15 is 0 Å². The zero-order chi connectivity index (χ0) is 57.1. The molecule has 0 fully saturated rings. The molecule has 0 aliphatic rings. The SMILES string of the molecule is CC/C=C\C/C=C\C/C=C\C/C=C\C/C=C\C/C=C\CCCCCCCCCCCCCCC(=O)OCC(COC(=O)CCCCCCCCCCC)OC(=O)CCCC/C=C\C/C=C\C/C=C\C/C=C\C/C=C\C/C=C\CC. The third-order valence-electron chi connectivity index (χ3n) is 13.3. The molecule has 0 aliphatic carbocycles. The van der Waals surface area contributed by atoms with E-state index in [0.29, 0.717) is 19.3 Å². The Bertz CT molecular complexity index is 1730. The molecule has 1 unspecified atom stereocenters. The summed E-state index contributed by atoms with van der Waals surface area (Å²) in [7, 11) is 0. The van der Waals surface area contributed by atoms with Gasteiger partial charge in [0.15, 0.2) is 6.10 Å². The van der Waals surface area contributed by atoms with Crippen LogP contribution in [0.15, 0.2) is 146 Å². The fourth-order valence-corrected chi connectivity index (χ4v) is 8.57. The highest BCUT2D eigenvalue weighted by molar-refractivity contribution is 5.71. The number of unbranched alkanes of at least 4 members (excludes halogenated alkanes) is 22. The van der Waals surface area contributed by atoms with Gasteiger partial charge < -0.3 is 14.2 Å². The van der Waals surface area contributed by atoms with Gasteiger partial charge in [-0.25, -0.2) is 0 Å². The lowest BCUT2D eigenvalue weighted by Crippen LogP contribution is -2.30. The molecule has 0 saturated carbocycles. The Balaban J connectivity index is 4.26. The van der Waals surface area contributed by atoms with Gasteiger partial charge >= 0.3 is 17.9 Å². The van der Waals surface area contributed by atoms with E-state index in [0.717, 1.165) is 128 Å². The first-order chi connectivity index (χ1) is 39.0. The van der Waals surface area contributed by atoms with E-state index < -0.39 is 6.10 Å². The highest BCUT2D eigenvalue weighted by Crippen LogP contribution is 2.15. The Kier molecular flexibility index (Phi) is 61.9. The van der Waals surface area contributed by atoms with E-state index in [-0.39, 0.29) is 37.5 Å². The predicted octanol–water partition coefficient (Wildman–Crippen LogP) is 22.3. The lowest BCUT2D eigenvalue weighted by atomic mass is 10.0. The van der Waals surface area contributed by atoms with Crippen LogP contribution in [0.1, 0.15) is 278 Å². The fourth-order valence-electron chi connectivity index (χ4n) is 8.57. The first-order valence-electron chi connectivity index (χ1n) is 32.3. The standard InChI is InChI=1S/C73H118O6/c1-4-7-10-13-16-19-21-23-25-27-29-31-32-33-34-35-36-37-38-39-40-42-43-45-47-49-51-54-57-60-63-66-72(75)78-69-70(68-77-71(74)65-62-59-56-53-18-15-12-9-6-3)79-73(76)67-64-61-58-55-52-50-48-46-44-41-30-28-26-24-22-20-17-14-11-8-5-2/h7-8,10-11,16-17,19-20,23-26,29-31,33-34,36-37,41,46,48,52,55,70H,4-6,9,12-15,18,21-22,27-28,32,35,38-40,42-45,47,49-51,53-54,56-69H2,1-3H3/b10-7-,11-8-,19-16-,20-17-,25-23-,26-24-,31-29-,34-33-,37-36-,41-30-,48-46-,55-52-. The van der Waals surface area contributed by atoms with Crippen molar-refractivity contribution in [1.82, 2.24) is 0 Å². The maximum atomic E-state index is 12.9. The molecule has 0 aromatic carbocycles. The number of carbonyl (C=O) groups excluding carboxylic acids is 3. The van der Waals surface area contributed by atoms with Crippen molar-refractivity contribution in [2.24, 2.45) is 0 Å². The summed E-state index contributed by atoms with van der Waals surface area (Å²) in [5.41, 5.74) is 0. The third-order valence-corrected chi connectivity index (χ3v) is 13.3. The van der Waals surface area contributed by atoms with Gasteiger partial charge in [0.25, 0.3) is 0 Å². The number of carbonyl (C=O) groups is 3. The third kappa shape index (κ3) is 64.0. The minimum Gasteiger partial charge on any atom is -0.462 e. The number of ether oxygens (including phenoxy) is 3. The first-order valence-corrected chi connectivity index (χ1v) is 32.3. The lowest BCUT2D eigenvalue weighted by molar-refractivity contribution is -0.167. The van der Waals surface area contributed by atoms with Crippen molar-refractivity contribution in [3.8, 4) is 0 Å². The van der Waals surface area contributed by atoms with Crippen LogP contribution in [0, 0.1) is 0 Å². The molecule has 0 aromatic rings. The summed E-state index contributed by atoms with van der Waals surface area (Å²) >= 11 is 0. The van der Waals surface area contributed by atoms with E-state index in [1.807, 2.05) is 0 Å². The van der Waals surface area contributed by atoms with E-state index in [2.05, 4.69) is 167 Å². The number of hydrogen-bond donors (Lipinski definition) is 0. The van der Waals surface area contributed by atoms with Crippen LogP contribution in [0.5, 0.6) is 0 Å². The zero-order valence-corrected chi connectivity index (χ0v) is 51.1. The maximum Gasteiger partial charge on any atom is 0.306 e. The van der Waals surface area contributed by atoms with Gasteiger partial charge in [0.05, 0.1) is 0 Å². The molecule has 446 valence electrons. The summed E-state index contributed by atoms with van der Waals surface area (Å²) in [6, 6.07) is 0. The van der Waals surface area contributed by atoms with Crippen LogP contribution in [0.2, 0.25) is 0 Å². The molecule has 79 heavy (non-hydrogen) atoms. The molecule has 0 bridgehead atoms. The van der Waals surface area contributed by atoms with Crippen molar-refractivity contribution in [1.29, 1.82) is 0 Å². The molecule has 0 N–H and O–H groups in total. The quantitative estimate of drug-likeness (QED) is 0.0261. The zero-order valence-electron chi connectivity index (χ0n) is 51.1. The van der Waals surface area contributed by atoms with Gasteiger partial charge in [-0.05, 0) is 122 Å². The van der Waals surface area contributed by atoms with Crippen LogP contribution in [0.25, 0.3) is 0 Å². The molecular weight excluding hydrogens is 973 g/mol. The van der Waals surface area contributed by atoms with Gasteiger partial charge in [0.1, 0.15) is 13.2 Å². The van der Waals surface area contributed by atoms with Crippen LogP contribution < -0.4 is 0 Å². The molecule has 0 heterocycles. The van der Waals surface area contributed by atoms with E-state index in [1.165, 1.54) is 103 Å². The summed E-state index contributed by atoms with van der Waals surface area (Å²) in [4.78, 5) is 38.2. The van der Waals surface area contributed by atoms with Gasteiger partial charge in [-0.1, -0.05) is 282 Å². The molecule has 6 heteroatoms.